The highest BCUT2D eigenvalue weighted by Gasteiger charge is 2.09. The van der Waals surface area contributed by atoms with E-state index in [4.69, 9.17) is 0 Å². The summed E-state index contributed by atoms with van der Waals surface area (Å²) >= 11 is 1.71. The lowest BCUT2D eigenvalue weighted by atomic mass is 10.1. The highest BCUT2D eigenvalue weighted by molar-refractivity contribution is 7.08. The zero-order valence-corrected chi connectivity index (χ0v) is 10.1. The second kappa shape index (κ2) is 4.59. The standard InChI is InChI=1S/C13H13N3S/c1-2-4-12(16-13-14-6-7-15-13)11(3-1)10-5-8-17-9-10/h1-5,8-9H,6-7H2,(H2,14,15,16). The van der Waals surface area contributed by atoms with Crippen LogP contribution in [0.4, 0.5) is 5.69 Å². The molecule has 0 bridgehead atoms. The zero-order chi connectivity index (χ0) is 11.5. The van der Waals surface area contributed by atoms with Gasteiger partial charge in [0.1, 0.15) is 0 Å². The molecule has 3 nitrogen and oxygen atoms in total. The summed E-state index contributed by atoms with van der Waals surface area (Å²) in [5, 5.41) is 10.8. The fourth-order valence-corrected chi connectivity index (χ4v) is 2.53. The van der Waals surface area contributed by atoms with Crippen molar-refractivity contribution >= 4 is 23.0 Å². The van der Waals surface area contributed by atoms with Crippen LogP contribution in [0.15, 0.2) is 46.1 Å². The predicted octanol–water partition coefficient (Wildman–Crippen LogP) is 2.79. The molecule has 0 unspecified atom stereocenters. The van der Waals surface area contributed by atoms with Crippen molar-refractivity contribution in [1.29, 1.82) is 0 Å². The molecule has 0 radical (unpaired) electrons. The van der Waals surface area contributed by atoms with Gasteiger partial charge in [-0.3, -0.25) is 4.99 Å². The average molecular weight is 243 g/mol. The van der Waals surface area contributed by atoms with Crippen molar-refractivity contribution in [2.75, 3.05) is 18.4 Å². The Balaban J connectivity index is 1.93. The molecule has 0 fully saturated rings. The molecule has 2 N–H and O–H groups in total. The van der Waals surface area contributed by atoms with Gasteiger partial charge in [0.05, 0.1) is 6.54 Å². The molecule has 1 aliphatic heterocycles. The first kappa shape index (κ1) is 10.4. The summed E-state index contributed by atoms with van der Waals surface area (Å²) in [5.41, 5.74) is 3.56. The first-order chi connectivity index (χ1) is 8.43. The first-order valence-corrected chi connectivity index (χ1v) is 6.55. The van der Waals surface area contributed by atoms with Gasteiger partial charge in [-0.1, -0.05) is 18.2 Å². The second-order valence-corrected chi connectivity index (χ2v) is 4.62. The van der Waals surface area contributed by atoms with Gasteiger partial charge in [-0.05, 0) is 28.5 Å². The lowest BCUT2D eigenvalue weighted by Crippen LogP contribution is -2.26. The molecule has 0 saturated heterocycles. The largest absolute Gasteiger partial charge is 0.354 e. The Kier molecular flexibility index (Phi) is 2.80. The fraction of sp³-hybridized carbons (Fsp3) is 0.154. The smallest absolute Gasteiger partial charge is 0.195 e. The van der Waals surface area contributed by atoms with E-state index in [0.717, 1.165) is 24.7 Å². The Morgan fingerprint density at radius 1 is 1.24 bits per heavy atom. The molecule has 0 spiro atoms. The van der Waals surface area contributed by atoms with Gasteiger partial charge in [0.15, 0.2) is 5.96 Å². The quantitative estimate of drug-likeness (QED) is 0.851. The average Bonchev–Trinajstić information content (AvgIpc) is 3.01. The van der Waals surface area contributed by atoms with E-state index in [2.05, 4.69) is 50.7 Å². The number of aliphatic imine (C=N–C) groups is 1. The van der Waals surface area contributed by atoms with Gasteiger partial charge < -0.3 is 10.6 Å². The third-order valence-corrected chi connectivity index (χ3v) is 3.37. The molecule has 0 atom stereocenters. The van der Waals surface area contributed by atoms with Crippen molar-refractivity contribution in [3.05, 3.63) is 41.1 Å². The number of hydrogen-bond donors (Lipinski definition) is 2. The maximum Gasteiger partial charge on any atom is 0.195 e. The highest BCUT2D eigenvalue weighted by Crippen LogP contribution is 2.29. The van der Waals surface area contributed by atoms with Crippen LogP contribution in [0.1, 0.15) is 0 Å². The summed E-state index contributed by atoms with van der Waals surface area (Å²) in [4.78, 5) is 4.35. The van der Waals surface area contributed by atoms with E-state index in [1.165, 1.54) is 11.1 Å². The molecule has 0 aliphatic carbocycles. The lowest BCUT2D eigenvalue weighted by Gasteiger charge is -2.11. The van der Waals surface area contributed by atoms with E-state index in [-0.39, 0.29) is 0 Å². The number of anilines is 1. The van der Waals surface area contributed by atoms with Gasteiger partial charge in [-0.25, -0.2) is 0 Å². The van der Waals surface area contributed by atoms with Crippen LogP contribution in [0.3, 0.4) is 0 Å². The highest BCUT2D eigenvalue weighted by atomic mass is 32.1. The van der Waals surface area contributed by atoms with E-state index in [0.29, 0.717) is 0 Å². The van der Waals surface area contributed by atoms with E-state index in [9.17, 15) is 0 Å². The third kappa shape index (κ3) is 2.17. The summed E-state index contributed by atoms with van der Waals surface area (Å²) < 4.78 is 0. The van der Waals surface area contributed by atoms with Crippen molar-refractivity contribution in [1.82, 2.24) is 5.32 Å². The minimum Gasteiger partial charge on any atom is -0.354 e. The van der Waals surface area contributed by atoms with Crippen LogP contribution < -0.4 is 10.6 Å². The fourth-order valence-electron chi connectivity index (χ4n) is 1.87. The van der Waals surface area contributed by atoms with Crippen molar-refractivity contribution in [3.8, 4) is 11.1 Å². The van der Waals surface area contributed by atoms with E-state index in [1.54, 1.807) is 11.3 Å². The van der Waals surface area contributed by atoms with Crippen LogP contribution in [0.5, 0.6) is 0 Å². The number of hydrogen-bond acceptors (Lipinski definition) is 4. The number of rotatable bonds is 2. The predicted molar refractivity (Wildman–Crippen MR) is 73.7 cm³/mol. The number of nitrogens with one attached hydrogen (secondary N) is 2. The number of para-hydroxylation sites is 1. The number of thiophene rings is 1. The van der Waals surface area contributed by atoms with Crippen LogP contribution in [0, 0.1) is 0 Å². The van der Waals surface area contributed by atoms with Gasteiger partial charge in [-0.2, -0.15) is 11.3 Å². The second-order valence-electron chi connectivity index (χ2n) is 3.84. The van der Waals surface area contributed by atoms with Crippen LogP contribution >= 0.6 is 11.3 Å². The Morgan fingerprint density at radius 2 is 2.18 bits per heavy atom. The van der Waals surface area contributed by atoms with Gasteiger partial charge >= 0.3 is 0 Å². The third-order valence-electron chi connectivity index (χ3n) is 2.69. The van der Waals surface area contributed by atoms with Crippen molar-refractivity contribution in [2.45, 2.75) is 0 Å². The number of nitrogens with zero attached hydrogens (tertiary/aromatic N) is 1. The molecular formula is C13H13N3S. The monoisotopic (exact) mass is 243 g/mol. The van der Waals surface area contributed by atoms with E-state index in [1.807, 2.05) is 6.07 Å². The van der Waals surface area contributed by atoms with E-state index >= 15 is 0 Å². The summed E-state index contributed by atoms with van der Waals surface area (Å²) in [6.45, 7) is 1.77. The van der Waals surface area contributed by atoms with Gasteiger partial charge in [0.2, 0.25) is 0 Å². The van der Waals surface area contributed by atoms with Crippen LogP contribution in [0.2, 0.25) is 0 Å². The molecule has 0 saturated carbocycles. The molecule has 0 amide bonds. The Hall–Kier alpha value is -1.81. The minimum absolute atomic E-state index is 0.850. The molecule has 1 aromatic heterocycles. The minimum atomic E-state index is 0.850. The molecule has 86 valence electrons. The molecule has 4 heteroatoms. The van der Waals surface area contributed by atoms with Crippen molar-refractivity contribution in [3.63, 3.8) is 0 Å². The molecule has 1 aromatic carbocycles. The van der Waals surface area contributed by atoms with Crippen LogP contribution in [0.25, 0.3) is 11.1 Å². The van der Waals surface area contributed by atoms with Crippen LogP contribution in [-0.2, 0) is 0 Å². The number of benzene rings is 1. The molecule has 2 heterocycles. The van der Waals surface area contributed by atoms with Gasteiger partial charge in [-0.15, -0.1) is 0 Å². The lowest BCUT2D eigenvalue weighted by molar-refractivity contribution is 0.959. The normalized spacial score (nSPS) is 14.2. The Labute approximate surface area is 104 Å². The Morgan fingerprint density at radius 3 is 2.94 bits per heavy atom. The zero-order valence-electron chi connectivity index (χ0n) is 9.31. The maximum absolute atomic E-state index is 4.35. The summed E-state index contributed by atoms with van der Waals surface area (Å²) in [6, 6.07) is 10.4. The molecule has 17 heavy (non-hydrogen) atoms. The first-order valence-electron chi connectivity index (χ1n) is 5.60. The summed E-state index contributed by atoms with van der Waals surface area (Å²) in [5.74, 6) is 0.868. The molecule has 3 rings (SSSR count). The maximum atomic E-state index is 4.35. The van der Waals surface area contributed by atoms with Crippen molar-refractivity contribution in [2.24, 2.45) is 4.99 Å². The summed E-state index contributed by atoms with van der Waals surface area (Å²) in [7, 11) is 0. The van der Waals surface area contributed by atoms with Crippen LogP contribution in [-0.4, -0.2) is 19.0 Å². The Bertz CT molecular complexity index is 531. The SMILES string of the molecule is c1ccc(-c2ccsc2)c(NC2=NCCN2)c1. The topological polar surface area (TPSA) is 36.4 Å². The van der Waals surface area contributed by atoms with Gasteiger partial charge in [0, 0.05) is 17.8 Å². The van der Waals surface area contributed by atoms with Gasteiger partial charge in [0.25, 0.3) is 0 Å². The number of guanidine groups is 1. The summed E-state index contributed by atoms with van der Waals surface area (Å²) in [6.07, 6.45) is 0. The molecule has 1 aliphatic rings. The molecular weight excluding hydrogens is 230 g/mol. The molecule has 2 aromatic rings. The van der Waals surface area contributed by atoms with E-state index < -0.39 is 0 Å². The van der Waals surface area contributed by atoms with Crippen molar-refractivity contribution < 1.29 is 0 Å².